The summed E-state index contributed by atoms with van der Waals surface area (Å²) in [5.74, 6) is -2.90. The molecule has 0 spiro atoms. The van der Waals surface area contributed by atoms with Crippen LogP contribution in [-0.4, -0.2) is 59.3 Å². The third-order valence-electron chi connectivity index (χ3n) is 3.16. The summed E-state index contributed by atoms with van der Waals surface area (Å²) in [6.45, 7) is -1.33. The van der Waals surface area contributed by atoms with Gasteiger partial charge in [-0.1, -0.05) is 0 Å². The molecule has 0 bridgehead atoms. The highest BCUT2D eigenvalue weighted by Gasteiger charge is 2.34. The average Bonchev–Trinajstić information content (AvgIpc) is 2.80. The Bertz CT molecular complexity index is 820. The number of urea groups is 1. The van der Waals surface area contributed by atoms with E-state index >= 15 is 0 Å². The summed E-state index contributed by atoms with van der Waals surface area (Å²) in [7, 11) is 1.35. The van der Waals surface area contributed by atoms with E-state index in [-0.39, 0.29) is 17.2 Å². The molecule has 26 heavy (non-hydrogen) atoms. The first kappa shape index (κ1) is 19.2. The molecule has 11 heteroatoms. The second-order valence-corrected chi connectivity index (χ2v) is 5.84. The van der Waals surface area contributed by atoms with Crippen molar-refractivity contribution in [3.63, 3.8) is 0 Å². The summed E-state index contributed by atoms with van der Waals surface area (Å²) in [6, 6.07) is 2.15. The van der Waals surface area contributed by atoms with Crippen LogP contribution in [0.3, 0.4) is 0 Å². The first-order valence-electron chi connectivity index (χ1n) is 7.01. The highest BCUT2D eigenvalue weighted by molar-refractivity contribution is 9.10. The molecule has 1 heterocycles. The molecule has 1 aliphatic rings. The summed E-state index contributed by atoms with van der Waals surface area (Å²) >= 11 is 3.22. The maximum absolute atomic E-state index is 12.1. The fourth-order valence-electron chi connectivity index (χ4n) is 2.11. The maximum Gasteiger partial charge on any atom is 0.341 e. The Hall–Kier alpha value is -3.08. The third-order valence-corrected chi connectivity index (χ3v) is 3.75. The normalized spacial score (nSPS) is 15.2. The second-order valence-electron chi connectivity index (χ2n) is 4.99. The number of aliphatic carboxylic acids is 2. The molecule has 0 atom stereocenters. The lowest BCUT2D eigenvalue weighted by Crippen LogP contribution is -2.35. The van der Waals surface area contributed by atoms with Crippen LogP contribution in [0.2, 0.25) is 0 Å². The molecule has 1 aliphatic heterocycles. The average molecular weight is 429 g/mol. The molecule has 10 nitrogen and oxygen atoms in total. The number of nitrogens with zero attached hydrogens (tertiary/aromatic N) is 1. The highest BCUT2D eigenvalue weighted by atomic mass is 79.9. The molecule has 138 valence electrons. The van der Waals surface area contributed by atoms with E-state index < -0.39 is 37.0 Å². The summed E-state index contributed by atoms with van der Waals surface area (Å²) in [5.41, 5.74) is 0.321. The first-order chi connectivity index (χ1) is 12.2. The van der Waals surface area contributed by atoms with Crippen LogP contribution in [0.25, 0.3) is 6.08 Å². The number of carbonyl (C=O) groups excluding carboxylic acids is 2. The SMILES string of the molecule is COc1cc(/C=C2/NC(=O)N(CC(=O)O)C2=O)cc(Br)c1OCC(=O)O. The topological polar surface area (TPSA) is 142 Å². The molecule has 0 radical (unpaired) electrons. The second kappa shape index (κ2) is 7.87. The van der Waals surface area contributed by atoms with Gasteiger partial charge in [0.1, 0.15) is 12.2 Å². The third kappa shape index (κ3) is 4.30. The lowest BCUT2D eigenvalue weighted by atomic mass is 10.1. The van der Waals surface area contributed by atoms with E-state index in [0.717, 1.165) is 0 Å². The first-order valence-corrected chi connectivity index (χ1v) is 7.80. The Morgan fingerprint density at radius 1 is 1.27 bits per heavy atom. The molecule has 3 N–H and O–H groups in total. The van der Waals surface area contributed by atoms with Crippen molar-refractivity contribution in [1.29, 1.82) is 0 Å². The Labute approximate surface area is 155 Å². The van der Waals surface area contributed by atoms with Crippen molar-refractivity contribution in [2.45, 2.75) is 0 Å². The molecule has 2 rings (SSSR count). The number of ether oxygens (including phenoxy) is 2. The van der Waals surface area contributed by atoms with Crippen LogP contribution in [0.5, 0.6) is 11.5 Å². The van der Waals surface area contributed by atoms with Crippen LogP contribution in [-0.2, 0) is 14.4 Å². The van der Waals surface area contributed by atoms with Gasteiger partial charge in [-0.3, -0.25) is 9.59 Å². The number of carboxylic acid groups (broad SMARTS) is 2. The molecule has 0 saturated carbocycles. The number of nitrogens with one attached hydrogen (secondary N) is 1. The summed E-state index contributed by atoms with van der Waals surface area (Å²) < 4.78 is 10.7. The van der Waals surface area contributed by atoms with Crippen molar-refractivity contribution in [3.05, 3.63) is 27.9 Å². The van der Waals surface area contributed by atoms with Crippen molar-refractivity contribution in [1.82, 2.24) is 10.2 Å². The van der Waals surface area contributed by atoms with E-state index in [0.29, 0.717) is 14.9 Å². The molecule has 1 aromatic rings. The van der Waals surface area contributed by atoms with E-state index in [2.05, 4.69) is 21.2 Å². The monoisotopic (exact) mass is 428 g/mol. The zero-order valence-corrected chi connectivity index (χ0v) is 14.9. The molecule has 1 aromatic carbocycles. The quantitative estimate of drug-likeness (QED) is 0.429. The van der Waals surface area contributed by atoms with Gasteiger partial charge in [0.05, 0.1) is 11.6 Å². The fourth-order valence-corrected chi connectivity index (χ4v) is 2.69. The van der Waals surface area contributed by atoms with Gasteiger partial charge in [-0.2, -0.15) is 0 Å². The summed E-state index contributed by atoms with van der Waals surface area (Å²) in [5, 5.41) is 19.7. The molecule has 0 aliphatic carbocycles. The van der Waals surface area contributed by atoms with E-state index in [9.17, 15) is 19.2 Å². The number of hydrogen-bond acceptors (Lipinski definition) is 6. The minimum atomic E-state index is -1.32. The molecule has 3 amide bonds. The smallest absolute Gasteiger partial charge is 0.341 e. The molecule has 0 unspecified atom stereocenters. The predicted molar refractivity (Wildman–Crippen MR) is 89.7 cm³/mol. The number of hydrogen-bond donors (Lipinski definition) is 3. The van der Waals surface area contributed by atoms with Crippen LogP contribution in [0.1, 0.15) is 5.56 Å². The Balaban J connectivity index is 2.32. The van der Waals surface area contributed by atoms with Gasteiger partial charge in [-0.05, 0) is 39.7 Å². The number of halogens is 1. The number of rotatable bonds is 7. The standard InChI is InChI=1S/C15H13BrN2O8/c1-25-10-4-7(2-8(16)13(10)26-6-12(21)22)3-9-14(23)18(5-11(19)20)15(24)17-9/h2-4H,5-6H2,1H3,(H,17,24)(H,19,20)(H,21,22)/b9-3+. The number of carboxylic acids is 2. The van der Waals surface area contributed by atoms with Crippen LogP contribution in [0.4, 0.5) is 4.79 Å². The zero-order valence-electron chi connectivity index (χ0n) is 13.3. The van der Waals surface area contributed by atoms with Crippen molar-refractivity contribution in [2.75, 3.05) is 20.3 Å². The van der Waals surface area contributed by atoms with Gasteiger partial charge in [-0.25, -0.2) is 14.5 Å². The number of imide groups is 1. The van der Waals surface area contributed by atoms with E-state index in [1.807, 2.05) is 0 Å². The lowest BCUT2D eigenvalue weighted by Gasteiger charge is -2.12. The molecular weight excluding hydrogens is 416 g/mol. The van der Waals surface area contributed by atoms with Gasteiger partial charge in [-0.15, -0.1) is 0 Å². The van der Waals surface area contributed by atoms with Gasteiger partial charge >= 0.3 is 18.0 Å². The van der Waals surface area contributed by atoms with Crippen molar-refractivity contribution in [2.24, 2.45) is 0 Å². The zero-order chi connectivity index (χ0) is 19.4. The van der Waals surface area contributed by atoms with Crippen LogP contribution < -0.4 is 14.8 Å². The van der Waals surface area contributed by atoms with Crippen molar-refractivity contribution >= 4 is 45.9 Å². The fraction of sp³-hybridized carbons (Fsp3) is 0.200. The molecule has 1 saturated heterocycles. The Kier molecular flexibility index (Phi) is 5.82. The van der Waals surface area contributed by atoms with Gasteiger partial charge < -0.3 is 25.0 Å². The largest absolute Gasteiger partial charge is 0.493 e. The summed E-state index contributed by atoms with van der Waals surface area (Å²) in [6.07, 6.45) is 1.33. The molecule has 0 aromatic heterocycles. The van der Waals surface area contributed by atoms with E-state index in [1.165, 1.54) is 25.3 Å². The van der Waals surface area contributed by atoms with Crippen LogP contribution >= 0.6 is 15.9 Å². The minimum Gasteiger partial charge on any atom is -0.493 e. The number of methoxy groups -OCH3 is 1. The van der Waals surface area contributed by atoms with Gasteiger partial charge in [0.25, 0.3) is 5.91 Å². The van der Waals surface area contributed by atoms with E-state index in [4.69, 9.17) is 19.7 Å². The number of carbonyl (C=O) groups is 4. The maximum atomic E-state index is 12.1. The van der Waals surface area contributed by atoms with Crippen LogP contribution in [0, 0.1) is 0 Å². The lowest BCUT2D eigenvalue weighted by molar-refractivity contribution is -0.140. The van der Waals surface area contributed by atoms with Gasteiger partial charge in [0.15, 0.2) is 18.1 Å². The van der Waals surface area contributed by atoms with Crippen molar-refractivity contribution < 1.29 is 38.9 Å². The van der Waals surface area contributed by atoms with E-state index in [1.54, 1.807) is 0 Å². The predicted octanol–water partition coefficient (Wildman–Crippen LogP) is 0.898. The van der Waals surface area contributed by atoms with Crippen molar-refractivity contribution in [3.8, 4) is 11.5 Å². The molecule has 1 fully saturated rings. The Morgan fingerprint density at radius 3 is 2.54 bits per heavy atom. The molecular formula is C15H13BrN2O8. The number of amides is 3. The number of benzene rings is 1. The highest BCUT2D eigenvalue weighted by Crippen LogP contribution is 2.37. The van der Waals surface area contributed by atoms with Gasteiger partial charge in [0, 0.05) is 0 Å². The summed E-state index contributed by atoms with van der Waals surface area (Å²) in [4.78, 5) is 45.7. The van der Waals surface area contributed by atoms with Gasteiger partial charge in [0.2, 0.25) is 0 Å². The van der Waals surface area contributed by atoms with Crippen LogP contribution in [0.15, 0.2) is 22.3 Å². The minimum absolute atomic E-state index is 0.107. The Morgan fingerprint density at radius 2 is 1.96 bits per heavy atom.